The van der Waals surface area contributed by atoms with Gasteiger partial charge >= 0.3 is 0 Å². The quantitative estimate of drug-likeness (QED) is 0.159. The molecular formula is C72H43B3Cl3N5O. The Kier molecular flexibility index (Phi) is 10.4. The maximum atomic E-state index is 7.43. The zero-order valence-electron chi connectivity index (χ0n) is 44.8. The molecule has 0 unspecified atom stereocenters. The van der Waals surface area contributed by atoms with Crippen LogP contribution in [0.1, 0.15) is 0 Å². The van der Waals surface area contributed by atoms with Crippen molar-refractivity contribution >= 4 is 189 Å². The minimum Gasteiger partial charge on any atom is -0.458 e. The van der Waals surface area contributed by atoms with Crippen molar-refractivity contribution in [3.05, 3.63) is 276 Å². The van der Waals surface area contributed by atoms with Crippen LogP contribution < -0.4 is 78.4 Å². The Balaban J connectivity index is 0.938. The van der Waals surface area contributed by atoms with Crippen LogP contribution in [0.4, 0.5) is 85.3 Å². The third-order valence-corrected chi connectivity index (χ3v) is 18.6. The van der Waals surface area contributed by atoms with Gasteiger partial charge in [0.15, 0.2) is 0 Å². The molecule has 12 aromatic carbocycles. The molecule has 0 saturated heterocycles. The van der Waals surface area contributed by atoms with Crippen molar-refractivity contribution in [3.63, 3.8) is 0 Å². The third-order valence-electron chi connectivity index (χ3n) is 17.9. The number of anilines is 15. The van der Waals surface area contributed by atoms with Crippen LogP contribution in [0.15, 0.2) is 261 Å². The van der Waals surface area contributed by atoms with Crippen LogP contribution in [0, 0.1) is 0 Å². The average Bonchev–Trinajstić information content (AvgIpc) is 3.20. The number of nitrogens with zero attached hydrogens (tertiary/aromatic N) is 5. The first-order valence-electron chi connectivity index (χ1n) is 28.4. The minimum atomic E-state index is -0.298. The van der Waals surface area contributed by atoms with Gasteiger partial charge in [-0.1, -0.05) is 174 Å². The van der Waals surface area contributed by atoms with Gasteiger partial charge in [-0.05, 0) is 164 Å². The van der Waals surface area contributed by atoms with E-state index in [2.05, 4.69) is 279 Å². The molecule has 6 heterocycles. The summed E-state index contributed by atoms with van der Waals surface area (Å²) < 4.78 is 7.43. The maximum absolute atomic E-state index is 7.43. The Bertz CT molecular complexity index is 4750. The summed E-state index contributed by atoms with van der Waals surface area (Å²) in [5, 5.41) is 1.89. The molecule has 6 aliphatic rings. The van der Waals surface area contributed by atoms with Crippen LogP contribution >= 0.6 is 34.8 Å². The molecule has 0 N–H and O–H groups in total. The molecule has 0 atom stereocenters. The zero-order valence-corrected chi connectivity index (χ0v) is 47.1. The highest BCUT2D eigenvalue weighted by atomic mass is 35.5. The molecule has 0 spiro atoms. The number of rotatable bonds is 5. The standard InChI is InChI=1S/C72H43B3Cl3N5O/c76-44-34-63-70-65(36-44)81(49-24-10-3-11-25-49)60-42-61-55(40-54(60)73(70)52-30-16-18-32-58(52)79(63)47-20-6-1-7-21-47)75-57-41-56-62(43-68(57)84-69-39-46(78)38-67(72(69)75)82(61)50-26-12-4-13-27-50)83(51-28-14-5-15-29-51)66-37-45(77)35-64-71(66)74(56)53-31-17-19-33-59(53)80(64)48-22-8-2-9-23-48/h1-43H. The normalized spacial score (nSPS) is 14.0. The number of fused-ring (bicyclic) bond motifs is 12. The van der Waals surface area contributed by atoms with Gasteiger partial charge in [0.05, 0.1) is 0 Å². The Morgan fingerprint density at radius 3 is 0.917 bits per heavy atom. The largest absolute Gasteiger partial charge is 0.458 e. The zero-order chi connectivity index (χ0) is 55.5. The molecule has 12 aromatic rings. The van der Waals surface area contributed by atoms with Crippen LogP contribution in [-0.2, 0) is 0 Å². The fraction of sp³-hybridized carbons (Fsp3) is 0. The molecule has 0 saturated carbocycles. The predicted octanol–water partition coefficient (Wildman–Crippen LogP) is 14.2. The lowest BCUT2D eigenvalue weighted by atomic mass is 9.29. The van der Waals surface area contributed by atoms with Crippen molar-refractivity contribution in [2.75, 3.05) is 24.5 Å². The lowest BCUT2D eigenvalue weighted by molar-refractivity contribution is 0.488. The summed E-state index contributed by atoms with van der Waals surface area (Å²) in [7, 11) is 0. The van der Waals surface area contributed by atoms with Gasteiger partial charge in [-0.3, -0.25) is 0 Å². The first kappa shape index (κ1) is 48.1. The highest BCUT2D eigenvalue weighted by molar-refractivity contribution is 7.04. The summed E-state index contributed by atoms with van der Waals surface area (Å²) in [6, 6.07) is 93.7. The van der Waals surface area contributed by atoms with Crippen LogP contribution in [0.5, 0.6) is 11.5 Å². The number of ether oxygens (including phenoxy) is 1. The Morgan fingerprint density at radius 2 is 0.524 bits per heavy atom. The molecule has 392 valence electrons. The molecule has 0 radical (unpaired) electrons. The van der Waals surface area contributed by atoms with Crippen molar-refractivity contribution in [1.82, 2.24) is 0 Å². The Hall–Kier alpha value is -9.50. The topological polar surface area (TPSA) is 25.4 Å². The van der Waals surface area contributed by atoms with Gasteiger partial charge in [0, 0.05) is 106 Å². The van der Waals surface area contributed by atoms with Gasteiger partial charge < -0.3 is 29.2 Å². The van der Waals surface area contributed by atoms with E-state index >= 15 is 0 Å². The van der Waals surface area contributed by atoms with Crippen molar-refractivity contribution in [1.29, 1.82) is 0 Å². The van der Waals surface area contributed by atoms with Crippen molar-refractivity contribution in [2.24, 2.45) is 0 Å². The second kappa shape index (κ2) is 18.3. The number of hydrogen-bond acceptors (Lipinski definition) is 6. The van der Waals surface area contributed by atoms with E-state index < -0.39 is 0 Å². The molecule has 0 fully saturated rings. The van der Waals surface area contributed by atoms with Gasteiger partial charge in [0.2, 0.25) is 0 Å². The van der Waals surface area contributed by atoms with Gasteiger partial charge in [-0.2, -0.15) is 0 Å². The third kappa shape index (κ3) is 6.86. The SMILES string of the molecule is Clc1cc2c3c(c1)N(c1ccccc1)c1cc4c(cc1B3c1cc3c(cc1O2)N(c1ccccc1)c1cc(Cl)cc2c1B3c1ccccc1N2c1ccccc1)B1c2ccccc2N(c2ccccc2)c2cc(Cl)cc(c21)N4c1ccccc1. The highest BCUT2D eigenvalue weighted by Gasteiger charge is 2.50. The number of halogens is 3. The number of benzene rings is 12. The summed E-state index contributed by atoms with van der Waals surface area (Å²) in [5.41, 5.74) is 26.2. The average molecular weight is 1130 g/mol. The minimum absolute atomic E-state index is 0.171. The lowest BCUT2D eigenvalue weighted by Gasteiger charge is -2.46. The lowest BCUT2D eigenvalue weighted by Crippen LogP contribution is -2.66. The smallest absolute Gasteiger partial charge is 0.256 e. The van der Waals surface area contributed by atoms with E-state index in [4.69, 9.17) is 39.5 Å². The monoisotopic (exact) mass is 1130 g/mol. The van der Waals surface area contributed by atoms with E-state index in [9.17, 15) is 0 Å². The van der Waals surface area contributed by atoms with E-state index in [-0.39, 0.29) is 20.1 Å². The number of hydrogen-bond donors (Lipinski definition) is 0. The van der Waals surface area contributed by atoms with Gasteiger partial charge in [-0.15, -0.1) is 0 Å². The molecule has 84 heavy (non-hydrogen) atoms. The van der Waals surface area contributed by atoms with Crippen molar-refractivity contribution in [2.45, 2.75) is 0 Å². The molecule has 0 aliphatic carbocycles. The predicted molar refractivity (Wildman–Crippen MR) is 355 cm³/mol. The van der Waals surface area contributed by atoms with E-state index in [0.29, 0.717) is 15.1 Å². The summed E-state index contributed by atoms with van der Waals surface area (Å²) in [4.78, 5) is 12.0. The summed E-state index contributed by atoms with van der Waals surface area (Å²) in [6.07, 6.45) is 0. The second-order valence-electron chi connectivity index (χ2n) is 22.3. The second-order valence-corrected chi connectivity index (χ2v) is 23.7. The Morgan fingerprint density at radius 1 is 0.226 bits per heavy atom. The van der Waals surface area contributed by atoms with Crippen molar-refractivity contribution < 1.29 is 4.74 Å². The van der Waals surface area contributed by atoms with Crippen molar-refractivity contribution in [3.8, 4) is 11.5 Å². The molecule has 0 aromatic heterocycles. The van der Waals surface area contributed by atoms with Crippen LogP contribution in [0.2, 0.25) is 15.1 Å². The van der Waals surface area contributed by atoms with Gasteiger partial charge in [-0.25, -0.2) is 0 Å². The van der Waals surface area contributed by atoms with E-state index in [1.54, 1.807) is 0 Å². The first-order valence-corrected chi connectivity index (χ1v) is 29.5. The van der Waals surface area contributed by atoms with Gasteiger partial charge in [0.1, 0.15) is 11.5 Å². The molecule has 6 nitrogen and oxygen atoms in total. The highest BCUT2D eigenvalue weighted by Crippen LogP contribution is 2.51. The summed E-state index contributed by atoms with van der Waals surface area (Å²) >= 11 is 22.2. The molecule has 0 amide bonds. The number of para-hydroxylation sites is 7. The fourth-order valence-electron chi connectivity index (χ4n) is 14.8. The molecule has 12 heteroatoms. The van der Waals surface area contributed by atoms with Crippen LogP contribution in [0.25, 0.3) is 0 Å². The van der Waals surface area contributed by atoms with Crippen LogP contribution in [0.3, 0.4) is 0 Å². The molecule has 18 rings (SSSR count). The van der Waals surface area contributed by atoms with Crippen LogP contribution in [-0.4, -0.2) is 20.1 Å². The summed E-state index contributed by atoms with van der Waals surface area (Å²) in [5.74, 6) is 1.50. The molecule has 6 aliphatic heterocycles. The fourth-order valence-corrected chi connectivity index (χ4v) is 15.4. The van der Waals surface area contributed by atoms with E-state index in [1.807, 2.05) is 6.07 Å². The first-order chi connectivity index (χ1) is 41.4. The van der Waals surface area contributed by atoms with E-state index in [1.165, 1.54) is 32.8 Å². The van der Waals surface area contributed by atoms with E-state index in [0.717, 1.165) is 113 Å². The molecular weight excluding hydrogens is 1090 g/mol. The summed E-state index contributed by atoms with van der Waals surface area (Å²) in [6.45, 7) is -0.640. The molecule has 0 bridgehead atoms. The van der Waals surface area contributed by atoms with Gasteiger partial charge in [0.25, 0.3) is 20.1 Å². The maximum Gasteiger partial charge on any atom is 0.256 e. The Labute approximate surface area is 502 Å².